The van der Waals surface area contributed by atoms with Crippen LogP contribution in [0.15, 0.2) is 0 Å². The van der Waals surface area contributed by atoms with Gasteiger partial charge in [0.2, 0.25) is 0 Å². The Kier molecular flexibility index (Phi) is 4.06. The summed E-state index contributed by atoms with van der Waals surface area (Å²) in [6.45, 7) is 0. The predicted molar refractivity (Wildman–Crippen MR) is 55.8 cm³/mol. The van der Waals surface area contributed by atoms with Crippen LogP contribution < -0.4 is 10.4 Å². The lowest BCUT2D eigenvalue weighted by atomic mass is 9.95. The predicted octanol–water partition coefficient (Wildman–Crippen LogP) is 1.18. The third kappa shape index (κ3) is 2.03. The fourth-order valence-corrected chi connectivity index (χ4v) is 1.58. The molecule has 96 valence electrons. The summed E-state index contributed by atoms with van der Waals surface area (Å²) < 4.78 is 51.3. The Hall–Kier alpha value is -3.36. The zero-order valence-corrected chi connectivity index (χ0v) is 9.30. The molecule has 1 rings (SSSR count). The number of benzene rings is 1. The van der Waals surface area contributed by atoms with E-state index >= 15 is 0 Å². The number of halogens is 4. The average molecular weight is 276 g/mol. The number of nitriles is 4. The van der Waals surface area contributed by atoms with Gasteiger partial charge in [0.25, 0.3) is 12.2 Å². The lowest BCUT2D eigenvalue weighted by Gasteiger charge is -2.03. The van der Waals surface area contributed by atoms with Crippen LogP contribution in [0.4, 0.5) is 17.6 Å². The van der Waals surface area contributed by atoms with E-state index in [0.29, 0.717) is 0 Å². The molecule has 0 saturated carbocycles. The molecule has 20 heavy (non-hydrogen) atoms. The smallest absolute Gasteiger partial charge is 0.192 e. The van der Waals surface area contributed by atoms with E-state index in [0.717, 1.165) is 0 Å². The van der Waals surface area contributed by atoms with E-state index in [1.807, 2.05) is 0 Å². The summed E-state index contributed by atoms with van der Waals surface area (Å²) >= 11 is 0. The van der Waals surface area contributed by atoms with E-state index in [1.54, 1.807) is 0 Å². The quantitative estimate of drug-likeness (QED) is 0.665. The van der Waals surface area contributed by atoms with E-state index in [1.165, 1.54) is 24.3 Å². The van der Waals surface area contributed by atoms with Gasteiger partial charge in [-0.05, 0) is 0 Å². The lowest BCUT2D eigenvalue weighted by molar-refractivity contribution is 0.537. The highest BCUT2D eigenvalue weighted by Crippen LogP contribution is 2.11. The lowest BCUT2D eigenvalue weighted by Crippen LogP contribution is -2.28. The van der Waals surface area contributed by atoms with Crippen molar-refractivity contribution in [2.45, 2.75) is 0 Å². The summed E-state index contributed by atoms with van der Waals surface area (Å²) in [5.74, 6) is 0. The van der Waals surface area contributed by atoms with Gasteiger partial charge in [-0.3, -0.25) is 0 Å². The third-order valence-electron chi connectivity index (χ3n) is 2.33. The zero-order valence-electron chi connectivity index (χ0n) is 9.30. The molecule has 0 bridgehead atoms. The van der Waals surface area contributed by atoms with Crippen LogP contribution in [0.5, 0.6) is 0 Å². The molecule has 4 nitrogen and oxygen atoms in total. The Morgan fingerprint density at radius 3 is 0.850 bits per heavy atom. The first kappa shape index (κ1) is 14.7. The van der Waals surface area contributed by atoms with Crippen LogP contribution in [0, 0.1) is 45.3 Å². The molecule has 0 heterocycles. The summed E-state index contributed by atoms with van der Waals surface area (Å²) in [6.07, 6.45) is -5.03. The second-order valence-corrected chi connectivity index (χ2v) is 3.22. The van der Waals surface area contributed by atoms with Crippen LogP contribution in [0.2, 0.25) is 0 Å². The standard InChI is InChI=1S/C12F4N4/c13-11(14)9-5(1-17)6(2-18)10(12(15)16)8(4-20)7(9)3-19. The summed E-state index contributed by atoms with van der Waals surface area (Å²) in [7, 11) is 0. The van der Waals surface area contributed by atoms with E-state index in [4.69, 9.17) is 21.0 Å². The Balaban J connectivity index is 4.57. The fraction of sp³-hybridized carbons (Fsp3) is 0. The highest BCUT2D eigenvalue weighted by Gasteiger charge is 2.22. The second kappa shape index (κ2) is 5.52. The first-order chi connectivity index (χ1) is 9.44. The first-order valence-corrected chi connectivity index (χ1v) is 4.65. The molecule has 0 atom stereocenters. The molecule has 0 aliphatic rings. The number of hydrogen-bond donors (Lipinski definition) is 0. The Labute approximate surface area is 108 Å². The van der Waals surface area contributed by atoms with Crippen molar-refractivity contribution < 1.29 is 17.6 Å². The van der Waals surface area contributed by atoms with Crippen molar-refractivity contribution in [3.63, 3.8) is 0 Å². The van der Waals surface area contributed by atoms with Gasteiger partial charge in [0.15, 0.2) is 0 Å². The summed E-state index contributed by atoms with van der Waals surface area (Å²) in [5, 5.41) is 32.6. The van der Waals surface area contributed by atoms with Gasteiger partial charge in [-0.1, -0.05) is 0 Å². The van der Waals surface area contributed by atoms with Gasteiger partial charge in [0.1, 0.15) is 24.3 Å². The molecule has 0 aliphatic heterocycles. The molecule has 0 unspecified atom stereocenters. The van der Waals surface area contributed by atoms with Gasteiger partial charge >= 0.3 is 0 Å². The fourth-order valence-electron chi connectivity index (χ4n) is 1.58. The van der Waals surface area contributed by atoms with Gasteiger partial charge < -0.3 is 0 Å². The number of rotatable bonds is 0. The van der Waals surface area contributed by atoms with Crippen molar-refractivity contribution in [1.82, 2.24) is 0 Å². The third-order valence-corrected chi connectivity index (χ3v) is 2.33. The highest BCUT2D eigenvalue weighted by molar-refractivity contribution is 5.64. The summed E-state index contributed by atoms with van der Waals surface area (Å²) in [6, 6.07) is 4.75. The van der Waals surface area contributed by atoms with Crippen molar-refractivity contribution in [2.24, 2.45) is 0 Å². The molecule has 0 N–H and O–H groups in total. The number of hydrogen-bond acceptors (Lipinski definition) is 4. The zero-order chi connectivity index (χ0) is 15.4. The molecule has 1 aromatic carbocycles. The van der Waals surface area contributed by atoms with Crippen molar-refractivity contribution in [3.05, 3.63) is 32.7 Å². The van der Waals surface area contributed by atoms with Crippen LogP contribution in [0.1, 0.15) is 22.3 Å². The van der Waals surface area contributed by atoms with Crippen LogP contribution >= 0.6 is 0 Å². The molecule has 0 fully saturated rings. The summed E-state index contributed by atoms with van der Waals surface area (Å²) in [4.78, 5) is 0. The molecule has 0 saturated heterocycles. The van der Waals surface area contributed by atoms with Crippen molar-refractivity contribution >= 4 is 12.2 Å². The minimum atomic E-state index is -2.52. The Morgan fingerprint density at radius 1 is 0.550 bits per heavy atom. The molecule has 0 amide bonds. The van der Waals surface area contributed by atoms with Crippen LogP contribution in [0.3, 0.4) is 0 Å². The monoisotopic (exact) mass is 276 g/mol. The first-order valence-electron chi connectivity index (χ1n) is 4.65. The van der Waals surface area contributed by atoms with Gasteiger partial charge in [-0.15, -0.1) is 0 Å². The van der Waals surface area contributed by atoms with Gasteiger partial charge in [0.05, 0.1) is 32.7 Å². The molecule has 1 aromatic rings. The molecule has 0 spiro atoms. The van der Waals surface area contributed by atoms with Crippen LogP contribution in [-0.2, 0) is 0 Å². The Morgan fingerprint density at radius 2 is 0.750 bits per heavy atom. The van der Waals surface area contributed by atoms with E-state index in [9.17, 15) is 17.6 Å². The van der Waals surface area contributed by atoms with Gasteiger partial charge in [0, 0.05) is 0 Å². The molecular weight excluding hydrogens is 276 g/mol. The average Bonchev–Trinajstić information content (AvgIpc) is 2.42. The van der Waals surface area contributed by atoms with Crippen LogP contribution in [-0.4, -0.2) is 0 Å². The SMILES string of the molecule is N#Cc1c(C#N)c(=C(F)F)c(C#N)c(C#N)c1=C(F)F. The second-order valence-electron chi connectivity index (χ2n) is 3.22. The summed E-state index contributed by atoms with van der Waals surface area (Å²) in [5.41, 5.74) is -4.26. The minimum absolute atomic E-state index is 1.06. The molecule has 0 aliphatic carbocycles. The topological polar surface area (TPSA) is 95.2 Å². The van der Waals surface area contributed by atoms with Crippen molar-refractivity contribution in [2.75, 3.05) is 0 Å². The van der Waals surface area contributed by atoms with E-state index in [2.05, 4.69) is 0 Å². The van der Waals surface area contributed by atoms with E-state index < -0.39 is 44.9 Å². The maximum atomic E-state index is 12.8. The molecular formula is C12F4N4. The Bertz CT molecular complexity index is 746. The molecule has 0 radical (unpaired) electrons. The van der Waals surface area contributed by atoms with E-state index in [-0.39, 0.29) is 0 Å². The minimum Gasteiger partial charge on any atom is -0.192 e. The molecule has 8 heteroatoms. The highest BCUT2D eigenvalue weighted by atomic mass is 19.3. The van der Waals surface area contributed by atoms with Gasteiger partial charge in [-0.2, -0.15) is 38.6 Å². The number of nitrogens with zero attached hydrogens (tertiary/aromatic N) is 4. The van der Waals surface area contributed by atoms with Crippen molar-refractivity contribution in [1.29, 1.82) is 21.0 Å². The van der Waals surface area contributed by atoms with Crippen molar-refractivity contribution in [3.8, 4) is 24.3 Å². The van der Waals surface area contributed by atoms with Crippen LogP contribution in [0.25, 0.3) is 12.2 Å². The maximum Gasteiger partial charge on any atom is 0.280 e. The molecule has 0 aromatic heterocycles. The largest absolute Gasteiger partial charge is 0.280 e. The maximum absolute atomic E-state index is 12.8. The van der Waals surface area contributed by atoms with Gasteiger partial charge in [-0.25, -0.2) is 0 Å². The normalized spacial score (nSPS) is 8.80.